The van der Waals surface area contributed by atoms with Crippen molar-refractivity contribution in [2.24, 2.45) is 10.3 Å². The van der Waals surface area contributed by atoms with Crippen LogP contribution < -0.4 is 9.44 Å². The Kier molecular flexibility index (Phi) is 20.7. The maximum atomic E-state index is 15.5. The molecule has 2 aliphatic rings. The van der Waals surface area contributed by atoms with Gasteiger partial charge in [-0.05, 0) is 90.3 Å². The molecule has 0 amide bonds. The first-order valence-electron chi connectivity index (χ1n) is 26.0. The molecule has 2 N–H and O–H groups in total. The average molecular weight is 1570 g/mol. The third kappa shape index (κ3) is 13.2. The Morgan fingerprint density at radius 3 is 0.949 bits per heavy atom. The van der Waals surface area contributed by atoms with E-state index in [0.717, 1.165) is 20.8 Å². The van der Waals surface area contributed by atoms with Crippen molar-refractivity contribution in [2.45, 2.75) is 120 Å². The Hall–Kier alpha value is -6.60. The number of fused-ring (bicyclic) bond motifs is 6. The lowest BCUT2D eigenvalue weighted by Crippen LogP contribution is -2.64. The van der Waals surface area contributed by atoms with E-state index in [2.05, 4.69) is 8.57 Å². The van der Waals surface area contributed by atoms with Crippen LogP contribution >= 0.6 is 0 Å². The number of benzene rings is 4. The van der Waals surface area contributed by atoms with Crippen LogP contribution in [0, 0.1) is 0 Å². The van der Waals surface area contributed by atoms with Gasteiger partial charge in [0, 0.05) is 42.8 Å². The highest BCUT2D eigenvalue weighted by molar-refractivity contribution is 7.91. The number of rotatable bonds is 28. The molecule has 0 unspecified atom stereocenters. The minimum atomic E-state index is -8.52. The highest BCUT2D eigenvalue weighted by atomic mass is 32.2. The molecule has 2 aliphatic carbocycles. The van der Waals surface area contributed by atoms with Crippen molar-refractivity contribution in [3.8, 4) is 22.3 Å². The number of hydrogen-bond acceptors (Lipinski definition) is 13. The fraction of sp³-hybridized carbons (Fsp3) is 0.480. The zero-order valence-corrected chi connectivity index (χ0v) is 51.5. The van der Waals surface area contributed by atoms with Gasteiger partial charge in [-0.25, -0.2) is 26.3 Å². The van der Waals surface area contributed by atoms with Crippen LogP contribution in [0.4, 0.5) is 132 Å². The van der Waals surface area contributed by atoms with Crippen molar-refractivity contribution in [2.75, 3.05) is 26.2 Å². The molecule has 0 aromatic heterocycles. The SMILES string of the molecule is CC(C)(C)N(CCNS(=O)(=O)C(F)(F)C(F)(F)C(F)(F)S(=O)(=O)ON=C(c1ccc2c(c1)Cc1ccccc1-2)C(F)(F)C(F)(F)C(F)(F)C(F)(F)F)CCNS(=O)(=O)C(F)(F)C(F)(F)C(F)(F)S(=O)(=O)ON=C(c1ccc2c(c1)Cc1ccccc1-2)C(F)(F)C(F)(F)C(F)(F)C(F)(F)F. The average Bonchev–Trinajstić information content (AvgIpc) is 1.38. The van der Waals surface area contributed by atoms with Crippen LogP contribution in [0.5, 0.6) is 0 Å². The van der Waals surface area contributed by atoms with Crippen molar-refractivity contribution in [3.05, 3.63) is 118 Å². The van der Waals surface area contributed by atoms with Crippen LogP contribution in [0.25, 0.3) is 22.3 Å². The maximum absolute atomic E-state index is 15.5. The molecule has 49 heteroatoms. The van der Waals surface area contributed by atoms with Crippen LogP contribution in [0.1, 0.15) is 54.2 Å². The number of hydrogen-bond donors (Lipinski definition) is 2. The summed E-state index contributed by atoms with van der Waals surface area (Å²) in [5.41, 5.74) is -13.0. The minimum Gasteiger partial charge on any atom is -0.296 e. The Bertz CT molecular complexity index is 4050. The minimum absolute atomic E-state index is 0.0455. The first-order valence-corrected chi connectivity index (χ1v) is 31.8. The number of alkyl halides is 30. The fourth-order valence-electron chi connectivity index (χ4n) is 9.07. The highest BCUT2D eigenvalue weighted by Crippen LogP contribution is 2.58. The van der Waals surface area contributed by atoms with E-state index in [1.807, 2.05) is 0 Å². The quantitative estimate of drug-likeness (QED) is 0.0268. The molecule has 0 aliphatic heterocycles. The molecule has 0 spiro atoms. The molecule has 0 saturated carbocycles. The molecular formula is C50H37F30N5O10S4. The third-order valence-electron chi connectivity index (χ3n) is 14.5. The summed E-state index contributed by atoms with van der Waals surface area (Å²) in [5.74, 6) is -62.6. The normalized spacial score (nSPS) is 16.0. The number of nitrogens with one attached hydrogen (secondary N) is 2. The summed E-state index contributed by atoms with van der Waals surface area (Å²) >= 11 is 0. The fourth-order valence-corrected chi connectivity index (χ4v) is 12.6. The van der Waals surface area contributed by atoms with Gasteiger partial charge in [-0.1, -0.05) is 83.1 Å². The van der Waals surface area contributed by atoms with E-state index >= 15 is 70.2 Å². The second-order valence-corrected chi connectivity index (χ2v) is 28.7. The lowest BCUT2D eigenvalue weighted by molar-refractivity contribution is -0.384. The van der Waals surface area contributed by atoms with Crippen molar-refractivity contribution in [1.29, 1.82) is 0 Å². The molecule has 4 aromatic carbocycles. The standard InChI is InChI=1S/C50H37F30N5O10S4/c1-36(2,3)85(18-16-81-96(86,87)47(73,74)43(63,64)49(77,78)98(90,91)94-83-34(37(51,52)39(55,56)41(59,60)45(67,68)69)26-12-14-32-28(22-26)20-24-8-4-6-10-30(24)32)19-17-82-97(88,89)48(75,76)44(65,66)50(79,80)99(92,93)95-84-35(38(53,54)40(57,58)42(61,62)46(70,71)72)27-13-15-33-29(23-27)21-25-9-5-7-11-31(25)33/h4-15,22-23,81-82H,16-21H2,1-3H3. The van der Waals surface area contributed by atoms with Gasteiger partial charge in [-0.3, -0.25) is 13.5 Å². The molecule has 15 nitrogen and oxygen atoms in total. The van der Waals surface area contributed by atoms with E-state index in [1.54, 1.807) is 0 Å². The topological polar surface area (TPSA) is 207 Å². The molecule has 0 atom stereocenters. The van der Waals surface area contributed by atoms with Gasteiger partial charge >= 0.3 is 101 Å². The zero-order chi connectivity index (χ0) is 76.4. The van der Waals surface area contributed by atoms with Crippen molar-refractivity contribution in [1.82, 2.24) is 14.3 Å². The summed E-state index contributed by atoms with van der Waals surface area (Å²) in [6.07, 6.45) is -16.3. The Morgan fingerprint density at radius 1 is 0.384 bits per heavy atom. The summed E-state index contributed by atoms with van der Waals surface area (Å²) in [4.78, 5) is 0.336. The van der Waals surface area contributed by atoms with Crippen molar-refractivity contribution >= 4 is 51.7 Å². The monoisotopic (exact) mass is 1570 g/mol. The van der Waals surface area contributed by atoms with Crippen molar-refractivity contribution in [3.63, 3.8) is 0 Å². The van der Waals surface area contributed by atoms with Crippen molar-refractivity contribution < 1.29 is 174 Å². The summed E-state index contributed by atoms with van der Waals surface area (Å²) in [5, 5.41) is -28.3. The van der Waals surface area contributed by atoms with E-state index in [1.165, 1.54) is 58.8 Å². The van der Waals surface area contributed by atoms with Gasteiger partial charge < -0.3 is 0 Å². The van der Waals surface area contributed by atoms with Gasteiger partial charge in [0.25, 0.3) is 20.0 Å². The molecule has 99 heavy (non-hydrogen) atoms. The molecule has 0 bridgehead atoms. The summed E-state index contributed by atoms with van der Waals surface area (Å²) in [6, 6.07) is 12.1. The van der Waals surface area contributed by atoms with E-state index in [9.17, 15) is 95.1 Å². The van der Waals surface area contributed by atoms with E-state index < -0.39 is 199 Å². The molecule has 4 aromatic rings. The van der Waals surface area contributed by atoms with Crippen LogP contribution in [0.3, 0.4) is 0 Å². The smallest absolute Gasteiger partial charge is 0.296 e. The van der Waals surface area contributed by atoms with E-state index in [-0.39, 0.29) is 57.6 Å². The number of oxime groups is 2. The molecule has 0 heterocycles. The van der Waals surface area contributed by atoms with Crippen LogP contribution in [-0.4, -0.2) is 162 Å². The largest absolute Gasteiger partial charge is 0.460 e. The molecular weight excluding hydrogens is 1530 g/mol. The molecule has 0 radical (unpaired) electrons. The van der Waals surface area contributed by atoms with Gasteiger partial charge in [-0.2, -0.15) is 149 Å². The number of halogens is 30. The number of nitrogens with zero attached hydrogens (tertiary/aromatic N) is 3. The lowest BCUT2D eigenvalue weighted by atomic mass is 9.93. The maximum Gasteiger partial charge on any atom is 0.460 e. The first-order chi connectivity index (χ1) is 44.1. The summed E-state index contributed by atoms with van der Waals surface area (Å²) in [6.45, 7) is -4.53. The Labute approximate surface area is 535 Å². The van der Waals surface area contributed by atoms with Gasteiger partial charge in [0.2, 0.25) is 0 Å². The van der Waals surface area contributed by atoms with Gasteiger partial charge in [0.15, 0.2) is 11.4 Å². The predicted octanol–water partition coefficient (Wildman–Crippen LogP) is 13.1. The van der Waals surface area contributed by atoms with E-state index in [0.29, 0.717) is 26.5 Å². The van der Waals surface area contributed by atoms with Gasteiger partial charge in [-0.15, -0.1) is 0 Å². The lowest BCUT2D eigenvalue weighted by Gasteiger charge is -2.36. The van der Waals surface area contributed by atoms with Gasteiger partial charge in [0.05, 0.1) is 0 Å². The summed E-state index contributed by atoms with van der Waals surface area (Å²) in [7, 11) is -32.5. The highest BCUT2D eigenvalue weighted by Gasteiger charge is 2.87. The molecule has 6 rings (SSSR count). The first kappa shape index (κ1) is 81.4. The third-order valence-corrected chi connectivity index (χ3v) is 19.9. The molecule has 0 fully saturated rings. The predicted molar refractivity (Wildman–Crippen MR) is 279 cm³/mol. The molecule has 556 valence electrons. The van der Waals surface area contributed by atoms with Gasteiger partial charge in [0.1, 0.15) is 0 Å². The van der Waals surface area contributed by atoms with Crippen LogP contribution in [-0.2, 0) is 61.7 Å². The van der Waals surface area contributed by atoms with Crippen LogP contribution in [0.2, 0.25) is 0 Å². The second kappa shape index (κ2) is 25.1. The van der Waals surface area contributed by atoms with Crippen LogP contribution in [0.15, 0.2) is 95.2 Å². The Balaban J connectivity index is 1.21. The molecule has 0 saturated heterocycles. The van der Waals surface area contributed by atoms with E-state index in [4.69, 9.17) is 0 Å². The number of sulfonamides is 2. The summed E-state index contributed by atoms with van der Waals surface area (Å²) < 4.78 is 546. The second-order valence-electron chi connectivity index (χ2n) is 22.0. The zero-order valence-electron chi connectivity index (χ0n) is 48.2. The Morgan fingerprint density at radius 2 is 0.667 bits per heavy atom.